The molecule has 58 heavy (non-hydrogen) atoms. The van der Waals surface area contributed by atoms with Gasteiger partial charge in [0.25, 0.3) is 0 Å². The van der Waals surface area contributed by atoms with Crippen LogP contribution >= 0.6 is 22.7 Å². The van der Waals surface area contributed by atoms with Crippen LogP contribution in [0, 0.1) is 13.8 Å². The maximum Gasteiger partial charge on any atom is 0.101 e. The summed E-state index contributed by atoms with van der Waals surface area (Å²) in [4.78, 5) is 4.91. The van der Waals surface area contributed by atoms with Crippen LogP contribution in [0.5, 0.6) is 0 Å². The largest absolute Gasteiger partial charge is 0.302 e. The van der Waals surface area contributed by atoms with Gasteiger partial charge < -0.3 is 9.80 Å². The van der Waals surface area contributed by atoms with Crippen molar-refractivity contribution < 1.29 is 0 Å². The second-order valence-electron chi connectivity index (χ2n) is 17.2. The van der Waals surface area contributed by atoms with Crippen LogP contribution in [-0.2, 0) is 10.8 Å². The van der Waals surface area contributed by atoms with Crippen molar-refractivity contribution in [3.8, 4) is 22.3 Å². The third-order valence-corrected chi connectivity index (χ3v) is 15.0. The highest BCUT2D eigenvalue weighted by molar-refractivity contribution is 7.23. The molecule has 0 saturated heterocycles. The molecule has 7 aromatic carbocycles. The SMILES string of the molecule is Cc1cc(N(c2ccccc2)c2cc3ccccc3s2)cc2c1-c1cc3c(cc1C2(C)C)-c1c(C)cc(N(c2ccccc2)c2cc4ccccc4s2)cc1C3(C)C. The molecule has 2 nitrogen and oxygen atoms in total. The first-order chi connectivity index (χ1) is 28.1. The van der Waals surface area contributed by atoms with E-state index >= 15 is 0 Å². The first kappa shape index (κ1) is 35.2. The molecule has 0 atom stereocenters. The van der Waals surface area contributed by atoms with Crippen molar-refractivity contribution in [1.29, 1.82) is 0 Å². The second-order valence-corrected chi connectivity index (χ2v) is 19.3. The van der Waals surface area contributed by atoms with Crippen molar-refractivity contribution in [1.82, 2.24) is 0 Å². The molecule has 2 aromatic heterocycles. The van der Waals surface area contributed by atoms with E-state index in [4.69, 9.17) is 0 Å². The number of anilines is 6. The first-order valence-corrected chi connectivity index (χ1v) is 21.9. The molecule has 0 fully saturated rings. The number of aryl methyl sites for hydroxylation is 2. The summed E-state index contributed by atoms with van der Waals surface area (Å²) in [7, 11) is 0. The van der Waals surface area contributed by atoms with Crippen LogP contribution in [0.25, 0.3) is 42.4 Å². The summed E-state index contributed by atoms with van der Waals surface area (Å²) in [5.41, 5.74) is 18.2. The monoisotopic (exact) mass is 784 g/mol. The topological polar surface area (TPSA) is 6.48 Å². The number of thiophene rings is 2. The number of hydrogen-bond acceptors (Lipinski definition) is 4. The van der Waals surface area contributed by atoms with E-state index in [1.165, 1.54) is 109 Å². The van der Waals surface area contributed by atoms with E-state index in [1.54, 1.807) is 0 Å². The Balaban J connectivity index is 1.04. The zero-order valence-electron chi connectivity index (χ0n) is 33.7. The number of para-hydroxylation sites is 2. The van der Waals surface area contributed by atoms with Gasteiger partial charge in [-0.3, -0.25) is 0 Å². The summed E-state index contributed by atoms with van der Waals surface area (Å²) < 4.78 is 2.61. The Labute approximate surface area is 349 Å². The van der Waals surface area contributed by atoms with Crippen molar-refractivity contribution in [2.75, 3.05) is 9.80 Å². The Bertz CT molecular complexity index is 2820. The third-order valence-electron chi connectivity index (χ3n) is 12.8. The summed E-state index contributed by atoms with van der Waals surface area (Å²) in [6, 6.07) is 58.7. The molecule has 0 bridgehead atoms. The molecule has 0 aliphatic heterocycles. The molecule has 11 rings (SSSR count). The molecule has 0 saturated carbocycles. The van der Waals surface area contributed by atoms with Crippen LogP contribution < -0.4 is 9.80 Å². The molecule has 2 aliphatic carbocycles. The lowest BCUT2D eigenvalue weighted by Crippen LogP contribution is -2.18. The number of rotatable bonds is 6. The Morgan fingerprint density at radius 3 is 1.16 bits per heavy atom. The highest BCUT2D eigenvalue weighted by Gasteiger charge is 2.43. The van der Waals surface area contributed by atoms with Gasteiger partial charge in [-0.05, 0) is 165 Å². The van der Waals surface area contributed by atoms with E-state index in [2.05, 4.69) is 209 Å². The summed E-state index contributed by atoms with van der Waals surface area (Å²) in [6.07, 6.45) is 0. The smallest absolute Gasteiger partial charge is 0.101 e. The van der Waals surface area contributed by atoms with Crippen LogP contribution in [-0.4, -0.2) is 0 Å². The average Bonchev–Trinajstić information content (AvgIpc) is 3.95. The summed E-state index contributed by atoms with van der Waals surface area (Å²) in [5.74, 6) is 0. The standard InChI is InChI=1S/C54H44N2S2/c1-33-25-39(55(37-19-9-7-10-20-37)49-27-35-17-13-15-23-47(35)57-49)29-45-51(33)41-31-44-42(32-43(41)53(45,3)4)52-34(2)26-40(30-46(52)54(44,5)6)56(38-21-11-8-12-22-38)50-28-36-18-14-16-24-48(36)58-50/h7-32H,1-6H3. The number of nitrogens with zero attached hydrogens (tertiary/aromatic N) is 2. The van der Waals surface area contributed by atoms with Crippen LogP contribution in [0.1, 0.15) is 61.1 Å². The number of fused-ring (bicyclic) bond motifs is 8. The molecule has 0 spiro atoms. The number of benzene rings is 7. The maximum atomic E-state index is 2.56. The quantitative estimate of drug-likeness (QED) is 0.166. The van der Waals surface area contributed by atoms with Crippen molar-refractivity contribution >= 4 is 75.6 Å². The Morgan fingerprint density at radius 1 is 0.379 bits per heavy atom. The van der Waals surface area contributed by atoms with Gasteiger partial charge in [0.1, 0.15) is 10.0 Å². The van der Waals surface area contributed by atoms with Gasteiger partial charge in [0, 0.05) is 43.0 Å². The van der Waals surface area contributed by atoms with Crippen LogP contribution in [0.2, 0.25) is 0 Å². The fraction of sp³-hybridized carbons (Fsp3) is 0.148. The summed E-state index contributed by atoms with van der Waals surface area (Å²) in [6.45, 7) is 14.4. The van der Waals surface area contributed by atoms with Gasteiger partial charge in [-0.2, -0.15) is 0 Å². The molecule has 2 aliphatic rings. The van der Waals surface area contributed by atoms with Crippen LogP contribution in [0.3, 0.4) is 0 Å². The molecule has 0 N–H and O–H groups in total. The van der Waals surface area contributed by atoms with E-state index in [1.807, 2.05) is 22.7 Å². The lowest BCUT2D eigenvalue weighted by molar-refractivity contribution is 0.652. The summed E-state index contributed by atoms with van der Waals surface area (Å²) >= 11 is 3.71. The predicted molar refractivity (Wildman–Crippen MR) is 251 cm³/mol. The van der Waals surface area contributed by atoms with E-state index in [0.29, 0.717) is 0 Å². The molecule has 0 amide bonds. The minimum atomic E-state index is -0.186. The van der Waals surface area contributed by atoms with Gasteiger partial charge in [0.15, 0.2) is 0 Å². The average molecular weight is 785 g/mol. The normalized spacial score (nSPS) is 14.3. The molecule has 282 valence electrons. The molecule has 9 aromatic rings. The van der Waals surface area contributed by atoms with Gasteiger partial charge >= 0.3 is 0 Å². The van der Waals surface area contributed by atoms with Gasteiger partial charge in [0.2, 0.25) is 0 Å². The maximum absolute atomic E-state index is 2.56. The third kappa shape index (κ3) is 5.21. The van der Waals surface area contributed by atoms with Gasteiger partial charge in [-0.15, -0.1) is 22.7 Å². The van der Waals surface area contributed by atoms with Crippen LogP contribution in [0.4, 0.5) is 32.8 Å². The zero-order chi connectivity index (χ0) is 39.5. The lowest BCUT2D eigenvalue weighted by atomic mass is 9.79. The Hall–Kier alpha value is -5.94. The second kappa shape index (κ2) is 12.8. The highest BCUT2D eigenvalue weighted by atomic mass is 32.1. The molecular formula is C54H44N2S2. The molecule has 0 unspecified atom stereocenters. The van der Waals surface area contributed by atoms with Crippen molar-refractivity contribution in [3.05, 3.63) is 191 Å². The van der Waals surface area contributed by atoms with E-state index in [0.717, 1.165) is 0 Å². The number of hydrogen-bond donors (Lipinski definition) is 0. The Morgan fingerprint density at radius 2 is 0.759 bits per heavy atom. The van der Waals surface area contributed by atoms with Gasteiger partial charge in [-0.1, -0.05) is 100 Å². The molecule has 0 radical (unpaired) electrons. The molecule has 4 heteroatoms. The van der Waals surface area contributed by atoms with E-state index < -0.39 is 0 Å². The van der Waals surface area contributed by atoms with Crippen molar-refractivity contribution in [3.63, 3.8) is 0 Å². The van der Waals surface area contributed by atoms with E-state index in [-0.39, 0.29) is 10.8 Å². The fourth-order valence-electron chi connectivity index (χ4n) is 9.95. The zero-order valence-corrected chi connectivity index (χ0v) is 35.4. The molecular weight excluding hydrogens is 741 g/mol. The minimum Gasteiger partial charge on any atom is -0.302 e. The highest BCUT2D eigenvalue weighted by Crippen LogP contribution is 2.59. The van der Waals surface area contributed by atoms with Crippen molar-refractivity contribution in [2.45, 2.75) is 52.4 Å². The fourth-order valence-corrected chi connectivity index (χ4v) is 12.2. The molecule has 2 heterocycles. The summed E-state index contributed by atoms with van der Waals surface area (Å²) in [5, 5.41) is 5.01. The van der Waals surface area contributed by atoms with Crippen LogP contribution in [0.15, 0.2) is 158 Å². The minimum absolute atomic E-state index is 0.186. The van der Waals surface area contributed by atoms with E-state index in [9.17, 15) is 0 Å². The lowest BCUT2D eigenvalue weighted by Gasteiger charge is -2.28. The predicted octanol–water partition coefficient (Wildman–Crippen LogP) is 16.3. The van der Waals surface area contributed by atoms with Crippen molar-refractivity contribution in [2.24, 2.45) is 0 Å². The Kier molecular flexibility index (Phi) is 7.77. The van der Waals surface area contributed by atoms with Gasteiger partial charge in [-0.25, -0.2) is 0 Å². The van der Waals surface area contributed by atoms with Gasteiger partial charge in [0.05, 0.1) is 0 Å². The first-order valence-electron chi connectivity index (χ1n) is 20.3.